The summed E-state index contributed by atoms with van der Waals surface area (Å²) in [5.41, 5.74) is 2.70. The molecule has 0 radical (unpaired) electrons. The fourth-order valence-corrected chi connectivity index (χ4v) is 4.52. The maximum Gasteiger partial charge on any atom is 0.349 e. The molecule has 8 nitrogen and oxygen atoms in total. The first-order valence-electron chi connectivity index (χ1n) is 9.94. The van der Waals surface area contributed by atoms with Crippen molar-refractivity contribution in [3.63, 3.8) is 0 Å². The minimum Gasteiger partial charge on any atom is -0.496 e. The molecule has 172 valence electrons. The van der Waals surface area contributed by atoms with Crippen molar-refractivity contribution in [2.24, 2.45) is 0 Å². The number of hydrogen-bond donors (Lipinski definition) is 2. The summed E-state index contributed by atoms with van der Waals surface area (Å²) in [6.07, 6.45) is 0. The molecule has 0 spiro atoms. The van der Waals surface area contributed by atoms with E-state index < -0.39 is 18.5 Å². The van der Waals surface area contributed by atoms with Crippen molar-refractivity contribution in [2.45, 2.75) is 20.4 Å². The van der Waals surface area contributed by atoms with Crippen molar-refractivity contribution >= 4 is 34.9 Å². The Morgan fingerprint density at radius 1 is 1.06 bits per heavy atom. The number of ether oxygens (including phenoxy) is 2. The van der Waals surface area contributed by atoms with Crippen LogP contribution in [-0.2, 0) is 16.1 Å². The van der Waals surface area contributed by atoms with Gasteiger partial charge in [0.2, 0.25) is 5.91 Å². The number of carboxylic acids is 2. The molecule has 1 aromatic heterocycles. The first-order chi connectivity index (χ1) is 15.7. The van der Waals surface area contributed by atoms with Gasteiger partial charge in [0.05, 0.1) is 13.7 Å². The standard InChI is InChI=1S/C24H23NO7S/c1-14-21(32-13-20(27)28)23(24(29)30)33-22(14)16-9-10-19(31-3)17(11-16)12-25(15(2)26)18-7-5-4-6-8-18/h4-11H,12-13H2,1-3H3,(H,27,28)(H,29,30). The summed E-state index contributed by atoms with van der Waals surface area (Å²) >= 11 is 1.00. The molecule has 0 saturated heterocycles. The molecular weight excluding hydrogens is 446 g/mol. The molecule has 2 aromatic carbocycles. The normalized spacial score (nSPS) is 10.5. The second-order valence-corrected chi connectivity index (χ2v) is 8.19. The van der Waals surface area contributed by atoms with E-state index in [2.05, 4.69) is 0 Å². The second-order valence-electron chi connectivity index (χ2n) is 7.17. The van der Waals surface area contributed by atoms with E-state index in [1.165, 1.54) is 14.0 Å². The van der Waals surface area contributed by atoms with E-state index in [9.17, 15) is 19.5 Å². The summed E-state index contributed by atoms with van der Waals surface area (Å²) in [6, 6.07) is 14.6. The fraction of sp³-hybridized carbons (Fsp3) is 0.208. The highest BCUT2D eigenvalue weighted by Gasteiger charge is 2.24. The molecule has 9 heteroatoms. The molecular formula is C24H23NO7S. The van der Waals surface area contributed by atoms with Gasteiger partial charge in [0.1, 0.15) is 11.5 Å². The monoisotopic (exact) mass is 469 g/mol. The number of methoxy groups -OCH3 is 1. The lowest BCUT2D eigenvalue weighted by Gasteiger charge is -2.23. The Balaban J connectivity index is 2.05. The maximum absolute atomic E-state index is 12.4. The van der Waals surface area contributed by atoms with Gasteiger partial charge >= 0.3 is 11.9 Å². The van der Waals surface area contributed by atoms with E-state index in [0.717, 1.165) is 22.6 Å². The number of carboxylic acid groups (broad SMARTS) is 2. The van der Waals surface area contributed by atoms with Crippen molar-refractivity contribution in [1.29, 1.82) is 0 Å². The first kappa shape index (κ1) is 23.8. The summed E-state index contributed by atoms with van der Waals surface area (Å²) in [7, 11) is 1.54. The predicted octanol–water partition coefficient (Wildman–Crippen LogP) is 4.45. The van der Waals surface area contributed by atoms with Crippen molar-refractivity contribution < 1.29 is 34.1 Å². The zero-order valence-electron chi connectivity index (χ0n) is 18.3. The number of rotatable bonds is 9. The second kappa shape index (κ2) is 10.2. The van der Waals surface area contributed by atoms with Crippen LogP contribution in [0.4, 0.5) is 5.69 Å². The Morgan fingerprint density at radius 2 is 1.76 bits per heavy atom. The smallest absolute Gasteiger partial charge is 0.349 e. The summed E-state index contributed by atoms with van der Waals surface area (Å²) in [5.74, 6) is -1.92. The number of amides is 1. The van der Waals surface area contributed by atoms with Gasteiger partial charge in [-0.3, -0.25) is 4.79 Å². The van der Waals surface area contributed by atoms with Crippen molar-refractivity contribution in [3.8, 4) is 21.9 Å². The van der Waals surface area contributed by atoms with Gasteiger partial charge in [0.15, 0.2) is 11.5 Å². The first-order valence-corrected chi connectivity index (χ1v) is 10.8. The number of carbonyl (C=O) groups is 3. The molecule has 0 unspecified atom stereocenters. The number of aliphatic carboxylic acids is 1. The Hall–Kier alpha value is -3.85. The van der Waals surface area contributed by atoms with Crippen LogP contribution in [0.2, 0.25) is 0 Å². The van der Waals surface area contributed by atoms with Crippen LogP contribution in [-0.4, -0.2) is 41.8 Å². The van der Waals surface area contributed by atoms with Gasteiger partial charge in [-0.2, -0.15) is 0 Å². The molecule has 3 aromatic rings. The molecule has 0 atom stereocenters. The van der Waals surface area contributed by atoms with Crippen LogP contribution in [0.1, 0.15) is 27.7 Å². The van der Waals surface area contributed by atoms with Crippen molar-refractivity contribution in [2.75, 3.05) is 18.6 Å². The number of anilines is 1. The highest BCUT2D eigenvalue weighted by molar-refractivity contribution is 7.18. The third-order valence-corrected chi connectivity index (χ3v) is 6.25. The van der Waals surface area contributed by atoms with E-state index in [1.54, 1.807) is 24.0 Å². The number of aromatic carboxylic acids is 1. The van der Waals surface area contributed by atoms with Crippen LogP contribution >= 0.6 is 11.3 Å². The van der Waals surface area contributed by atoms with Crippen LogP contribution in [0.3, 0.4) is 0 Å². The molecule has 1 heterocycles. The van der Waals surface area contributed by atoms with E-state index in [-0.39, 0.29) is 23.1 Å². The van der Waals surface area contributed by atoms with Crippen LogP contribution in [0, 0.1) is 6.92 Å². The molecule has 0 aliphatic carbocycles. The van der Waals surface area contributed by atoms with Crippen molar-refractivity contribution in [1.82, 2.24) is 0 Å². The number of benzene rings is 2. The number of para-hydroxylation sites is 1. The third kappa shape index (κ3) is 5.32. The van der Waals surface area contributed by atoms with E-state index in [1.807, 2.05) is 36.4 Å². The van der Waals surface area contributed by atoms with Gasteiger partial charge in [0, 0.05) is 28.6 Å². The lowest BCUT2D eigenvalue weighted by Crippen LogP contribution is -2.27. The Bertz CT molecular complexity index is 1190. The largest absolute Gasteiger partial charge is 0.496 e. The molecule has 0 saturated carbocycles. The Kier molecular flexibility index (Phi) is 7.34. The SMILES string of the molecule is COc1ccc(-c2sc(C(=O)O)c(OCC(=O)O)c2C)cc1CN(C(C)=O)c1ccccc1. The number of thiophene rings is 1. The van der Waals surface area contributed by atoms with Crippen LogP contribution in [0.5, 0.6) is 11.5 Å². The van der Waals surface area contributed by atoms with Gasteiger partial charge in [0.25, 0.3) is 0 Å². The van der Waals surface area contributed by atoms with E-state index >= 15 is 0 Å². The molecule has 2 N–H and O–H groups in total. The zero-order chi connectivity index (χ0) is 24.1. The van der Waals surface area contributed by atoms with Crippen LogP contribution < -0.4 is 14.4 Å². The van der Waals surface area contributed by atoms with E-state index in [4.69, 9.17) is 14.6 Å². The fourth-order valence-electron chi connectivity index (χ4n) is 3.43. The van der Waals surface area contributed by atoms with Gasteiger partial charge in [-0.25, -0.2) is 9.59 Å². The maximum atomic E-state index is 12.4. The van der Waals surface area contributed by atoms with Gasteiger partial charge in [-0.1, -0.05) is 18.2 Å². The molecule has 0 aliphatic heterocycles. The number of nitrogens with zero attached hydrogens (tertiary/aromatic N) is 1. The minimum absolute atomic E-state index is 0.0388. The highest BCUT2D eigenvalue weighted by Crippen LogP contribution is 2.42. The third-order valence-electron chi connectivity index (χ3n) is 4.94. The quantitative estimate of drug-likeness (QED) is 0.476. The lowest BCUT2D eigenvalue weighted by molar-refractivity contribution is -0.139. The Labute approximate surface area is 194 Å². The zero-order valence-corrected chi connectivity index (χ0v) is 19.1. The minimum atomic E-state index is -1.20. The summed E-state index contributed by atoms with van der Waals surface area (Å²) in [5, 5.41) is 18.5. The summed E-state index contributed by atoms with van der Waals surface area (Å²) < 4.78 is 10.8. The molecule has 1 amide bonds. The predicted molar refractivity (Wildman–Crippen MR) is 124 cm³/mol. The number of carbonyl (C=O) groups excluding carboxylic acids is 1. The topological polar surface area (TPSA) is 113 Å². The molecule has 3 rings (SSSR count). The molecule has 0 bridgehead atoms. The molecule has 33 heavy (non-hydrogen) atoms. The van der Waals surface area contributed by atoms with Crippen molar-refractivity contribution in [3.05, 3.63) is 64.5 Å². The van der Waals surface area contributed by atoms with Gasteiger partial charge < -0.3 is 24.6 Å². The van der Waals surface area contributed by atoms with Gasteiger partial charge in [-0.05, 0) is 42.8 Å². The summed E-state index contributed by atoms with van der Waals surface area (Å²) in [4.78, 5) is 37.2. The summed E-state index contributed by atoms with van der Waals surface area (Å²) in [6.45, 7) is 2.77. The number of hydrogen-bond acceptors (Lipinski definition) is 6. The average Bonchev–Trinajstić information content (AvgIpc) is 3.12. The molecule has 0 aliphatic rings. The van der Waals surface area contributed by atoms with Gasteiger partial charge in [-0.15, -0.1) is 11.3 Å². The van der Waals surface area contributed by atoms with Crippen LogP contribution in [0.25, 0.3) is 10.4 Å². The van der Waals surface area contributed by atoms with E-state index in [0.29, 0.717) is 21.8 Å². The Morgan fingerprint density at radius 3 is 2.33 bits per heavy atom. The highest BCUT2D eigenvalue weighted by atomic mass is 32.1. The average molecular weight is 470 g/mol. The molecule has 0 fully saturated rings. The lowest BCUT2D eigenvalue weighted by atomic mass is 10.0. The van der Waals surface area contributed by atoms with Crippen LogP contribution in [0.15, 0.2) is 48.5 Å².